The predicted octanol–water partition coefficient (Wildman–Crippen LogP) is 5.05. The van der Waals surface area contributed by atoms with Crippen LogP contribution in [0.3, 0.4) is 0 Å². The average molecular weight is 443 g/mol. The van der Waals surface area contributed by atoms with E-state index in [-0.39, 0.29) is 28.3 Å². The molecule has 9 heteroatoms. The maximum absolute atomic E-state index is 12.9. The van der Waals surface area contributed by atoms with E-state index in [9.17, 15) is 23.1 Å². The van der Waals surface area contributed by atoms with Gasteiger partial charge in [-0.15, -0.1) is 0 Å². The van der Waals surface area contributed by atoms with Crippen LogP contribution in [0.5, 0.6) is 17.4 Å². The van der Waals surface area contributed by atoms with Crippen molar-refractivity contribution in [3.8, 4) is 17.4 Å². The molecule has 0 aliphatic heterocycles. The number of benzene rings is 1. The number of carbonyl (C=O) groups is 1. The van der Waals surface area contributed by atoms with Crippen molar-refractivity contribution >= 4 is 23.6 Å². The highest BCUT2D eigenvalue weighted by molar-refractivity contribution is 6.31. The predicted molar refractivity (Wildman–Crippen MR) is 105 cm³/mol. The molecule has 2 rings (SSSR count). The highest BCUT2D eigenvalue weighted by Gasteiger charge is 2.32. The van der Waals surface area contributed by atoms with E-state index in [1.165, 1.54) is 13.0 Å². The molecule has 5 nitrogen and oxygen atoms in total. The van der Waals surface area contributed by atoms with Crippen LogP contribution in [-0.2, 0) is 17.4 Å². The van der Waals surface area contributed by atoms with Gasteiger partial charge in [-0.2, -0.15) is 13.2 Å². The fourth-order valence-corrected chi connectivity index (χ4v) is 2.81. The van der Waals surface area contributed by atoms with E-state index < -0.39 is 17.7 Å². The molecule has 2 aromatic rings. The Balaban J connectivity index is 2.63. The van der Waals surface area contributed by atoms with Crippen LogP contribution in [0.15, 0.2) is 30.0 Å². The molecule has 1 aromatic carbocycles. The topological polar surface area (TPSA) is 71.5 Å². The van der Waals surface area contributed by atoms with Crippen LogP contribution in [0.1, 0.15) is 44.4 Å². The lowest BCUT2D eigenvalue weighted by molar-refractivity contribution is -0.299. The fraction of sp³-hybridized carbons (Fsp3) is 0.333. The Hall–Kier alpha value is -2.74. The number of hydrogen-bond acceptors (Lipinski definition) is 5. The quantitative estimate of drug-likeness (QED) is 0.561. The third-order valence-electron chi connectivity index (χ3n) is 3.99. The lowest BCUT2D eigenvalue weighted by Gasteiger charge is -2.20. The van der Waals surface area contributed by atoms with Gasteiger partial charge in [-0.1, -0.05) is 18.5 Å². The van der Waals surface area contributed by atoms with Crippen molar-refractivity contribution in [2.45, 2.75) is 46.4 Å². The number of aromatic nitrogens is 1. The zero-order valence-electron chi connectivity index (χ0n) is 16.8. The number of alkyl halides is 3. The number of carboxylic acids is 1. The molecule has 0 amide bonds. The van der Waals surface area contributed by atoms with Gasteiger partial charge in [0.15, 0.2) is 0 Å². The number of pyridine rings is 1. The first-order valence-electron chi connectivity index (χ1n) is 9.06. The van der Waals surface area contributed by atoms with Crippen LogP contribution >= 0.6 is 11.6 Å². The Morgan fingerprint density at radius 1 is 1.33 bits per heavy atom. The average Bonchev–Trinajstić information content (AvgIpc) is 2.63. The highest BCUT2D eigenvalue weighted by Crippen LogP contribution is 2.40. The molecule has 0 unspecified atom stereocenters. The number of nitrogens with zero attached hydrogens (tertiary/aromatic N) is 1. The molecule has 0 bridgehead atoms. The van der Waals surface area contributed by atoms with Gasteiger partial charge in [-0.3, -0.25) is 0 Å². The molecule has 1 heterocycles. The Morgan fingerprint density at radius 3 is 2.50 bits per heavy atom. The van der Waals surface area contributed by atoms with Gasteiger partial charge in [-0.25, -0.2) is 4.98 Å². The fourth-order valence-electron chi connectivity index (χ4n) is 2.61. The summed E-state index contributed by atoms with van der Waals surface area (Å²) in [6.07, 6.45) is -2.37. The summed E-state index contributed by atoms with van der Waals surface area (Å²) in [4.78, 5) is 14.8. The number of ether oxygens (including phenoxy) is 2. The molecule has 0 aliphatic carbocycles. The van der Waals surface area contributed by atoms with Crippen LogP contribution in [0.2, 0.25) is 5.02 Å². The first-order valence-corrected chi connectivity index (χ1v) is 9.44. The molecule has 1 aromatic heterocycles. The monoisotopic (exact) mass is 442 g/mol. The van der Waals surface area contributed by atoms with Crippen molar-refractivity contribution in [2.75, 3.05) is 0 Å². The Bertz CT molecular complexity index is 971. The van der Waals surface area contributed by atoms with Gasteiger partial charge in [0, 0.05) is 17.3 Å². The lowest BCUT2D eigenvalue weighted by atomic mass is 10.0. The molecular weight excluding hydrogens is 423 g/mol. The van der Waals surface area contributed by atoms with E-state index in [2.05, 4.69) is 4.98 Å². The minimum absolute atomic E-state index is 0.0640. The summed E-state index contributed by atoms with van der Waals surface area (Å²) in [5.74, 6) is -0.937. The summed E-state index contributed by atoms with van der Waals surface area (Å²) >= 11 is 5.98. The molecule has 0 saturated heterocycles. The van der Waals surface area contributed by atoms with Crippen LogP contribution in [0.25, 0.3) is 6.08 Å². The van der Waals surface area contributed by atoms with Crippen LogP contribution in [-0.4, -0.2) is 17.1 Å². The molecule has 0 radical (unpaired) electrons. The number of aliphatic carboxylic acids is 1. The van der Waals surface area contributed by atoms with Gasteiger partial charge in [0.1, 0.15) is 16.5 Å². The molecule has 0 N–H and O–H groups in total. The van der Waals surface area contributed by atoms with Crippen molar-refractivity contribution in [3.05, 3.63) is 51.7 Å². The highest BCUT2D eigenvalue weighted by atomic mass is 35.5. The third-order valence-corrected chi connectivity index (χ3v) is 4.26. The zero-order chi connectivity index (χ0) is 22.6. The maximum atomic E-state index is 12.9. The van der Waals surface area contributed by atoms with Gasteiger partial charge in [0.2, 0.25) is 5.88 Å². The van der Waals surface area contributed by atoms with E-state index in [0.717, 1.165) is 0 Å². The Kier molecular flexibility index (Phi) is 7.36. The number of carbonyl (C=O) groups excluding carboxylic acids is 1. The van der Waals surface area contributed by atoms with E-state index in [0.29, 0.717) is 35.6 Å². The molecule has 0 atom stereocenters. The van der Waals surface area contributed by atoms with Gasteiger partial charge in [0.25, 0.3) is 0 Å². The van der Waals surface area contributed by atoms with Gasteiger partial charge >= 0.3 is 6.18 Å². The second-order valence-electron chi connectivity index (χ2n) is 6.71. The summed E-state index contributed by atoms with van der Waals surface area (Å²) < 4.78 is 50.2. The summed E-state index contributed by atoms with van der Waals surface area (Å²) in [5, 5.41) is 10.8. The molecule has 30 heavy (non-hydrogen) atoms. The third kappa shape index (κ3) is 5.66. The molecule has 0 saturated carbocycles. The zero-order valence-corrected chi connectivity index (χ0v) is 17.5. The van der Waals surface area contributed by atoms with E-state index in [1.54, 1.807) is 12.1 Å². The van der Waals surface area contributed by atoms with Gasteiger partial charge in [-0.05, 0) is 57.0 Å². The van der Waals surface area contributed by atoms with Gasteiger partial charge < -0.3 is 19.4 Å². The lowest BCUT2D eigenvalue weighted by Crippen LogP contribution is -2.22. The number of carboxylic acid groups (broad SMARTS) is 1. The van der Waals surface area contributed by atoms with Gasteiger partial charge in [0.05, 0.1) is 17.6 Å². The first kappa shape index (κ1) is 23.5. The minimum atomic E-state index is -4.60. The largest absolute Gasteiger partial charge is 0.545 e. The normalized spacial score (nSPS) is 12.2. The molecule has 0 spiro atoms. The van der Waals surface area contributed by atoms with Crippen molar-refractivity contribution < 1.29 is 32.5 Å². The molecule has 0 aliphatic rings. The van der Waals surface area contributed by atoms with E-state index >= 15 is 0 Å². The van der Waals surface area contributed by atoms with Crippen molar-refractivity contribution in [3.63, 3.8) is 0 Å². The van der Waals surface area contributed by atoms with Crippen LogP contribution in [0, 0.1) is 0 Å². The van der Waals surface area contributed by atoms with Crippen molar-refractivity contribution in [1.82, 2.24) is 4.98 Å². The number of halogens is 4. The number of rotatable bonds is 7. The van der Waals surface area contributed by atoms with E-state index in [1.807, 2.05) is 20.8 Å². The smallest absolute Gasteiger partial charge is 0.417 e. The summed E-state index contributed by atoms with van der Waals surface area (Å²) in [7, 11) is 0. The number of hydrogen-bond donors (Lipinski definition) is 0. The second kappa shape index (κ2) is 9.38. The standard InChI is InChI=1S/C21H21ClF3NO4/c1-5-15-17(29-11(2)3)7-6-13(8-12(4)20(27)28)18(15)30-19-16(22)9-14(10-26-19)21(23,24)25/h6-11H,5H2,1-4H3,(H,27,28)/p-1/b12-8+. The minimum Gasteiger partial charge on any atom is -0.545 e. The molecular formula is C21H20ClF3NO4-. The summed E-state index contributed by atoms with van der Waals surface area (Å²) in [5.41, 5.74) is -0.130. The van der Waals surface area contributed by atoms with Crippen molar-refractivity contribution in [1.29, 1.82) is 0 Å². The SMILES string of the molecule is CCc1c(OC(C)C)ccc(/C=C(\C)C(=O)[O-])c1Oc1ncc(C(F)(F)F)cc1Cl. The molecule has 0 fully saturated rings. The van der Waals surface area contributed by atoms with Crippen LogP contribution < -0.4 is 14.6 Å². The van der Waals surface area contributed by atoms with Crippen LogP contribution in [0.4, 0.5) is 13.2 Å². The Labute approximate surface area is 177 Å². The maximum Gasteiger partial charge on any atom is 0.417 e. The Morgan fingerprint density at radius 2 is 2.00 bits per heavy atom. The summed E-state index contributed by atoms with van der Waals surface area (Å²) in [6, 6.07) is 3.96. The van der Waals surface area contributed by atoms with Crippen molar-refractivity contribution in [2.24, 2.45) is 0 Å². The second-order valence-corrected chi connectivity index (χ2v) is 7.11. The van der Waals surface area contributed by atoms with E-state index in [4.69, 9.17) is 21.1 Å². The first-order chi connectivity index (χ1) is 13.9. The molecule has 162 valence electrons. The summed E-state index contributed by atoms with van der Waals surface area (Å²) in [6.45, 7) is 6.85.